The maximum atomic E-state index is 11.3. The highest BCUT2D eigenvalue weighted by Crippen LogP contribution is 2.58. The number of carbonyl (C=O) groups excluding carboxylic acids is 1. The Morgan fingerprint density at radius 1 is 1.50 bits per heavy atom. The lowest BCUT2D eigenvalue weighted by Crippen LogP contribution is -2.22. The minimum absolute atomic E-state index is 0.233. The molecule has 0 amide bonds. The van der Waals surface area contributed by atoms with Crippen molar-refractivity contribution in [1.82, 2.24) is 0 Å². The lowest BCUT2D eigenvalue weighted by molar-refractivity contribution is -0.141. The van der Waals surface area contributed by atoms with Crippen molar-refractivity contribution in [3.63, 3.8) is 0 Å². The molecule has 0 bridgehead atoms. The van der Waals surface area contributed by atoms with Crippen molar-refractivity contribution in [1.29, 1.82) is 0 Å². The summed E-state index contributed by atoms with van der Waals surface area (Å²) < 4.78 is 5.30. The molecule has 0 saturated heterocycles. The summed E-state index contributed by atoms with van der Waals surface area (Å²) in [5.41, 5.74) is 0.505. The van der Waals surface area contributed by atoms with Crippen LogP contribution in [0.25, 0.3) is 0 Å². The van der Waals surface area contributed by atoms with Crippen LogP contribution in [0.1, 0.15) is 39.5 Å². The van der Waals surface area contributed by atoms with E-state index in [1.54, 1.807) is 6.92 Å². The maximum absolute atomic E-state index is 11.3. The highest BCUT2D eigenvalue weighted by atomic mass is 16.5. The number of ether oxygens (including phenoxy) is 1. The molecule has 0 aromatic heterocycles. The van der Waals surface area contributed by atoms with Crippen LogP contribution in [-0.2, 0) is 9.53 Å². The predicted octanol–water partition coefficient (Wildman–Crippen LogP) is 3.18. The minimum atomic E-state index is -0.233. The van der Waals surface area contributed by atoms with Gasteiger partial charge in [-0.05, 0) is 56.3 Å². The zero-order valence-electron chi connectivity index (χ0n) is 10.4. The van der Waals surface area contributed by atoms with Crippen LogP contribution in [-0.4, -0.2) is 12.6 Å². The number of hydrogen-bond donors (Lipinski definition) is 0. The number of rotatable bonds is 5. The van der Waals surface area contributed by atoms with Gasteiger partial charge in [-0.25, -0.2) is 4.79 Å². The zero-order chi connectivity index (χ0) is 11.7. The van der Waals surface area contributed by atoms with Gasteiger partial charge in [-0.3, -0.25) is 0 Å². The molecule has 2 rings (SSSR count). The van der Waals surface area contributed by atoms with Gasteiger partial charge >= 0.3 is 5.97 Å². The summed E-state index contributed by atoms with van der Waals surface area (Å²) in [6, 6.07) is 0. The van der Waals surface area contributed by atoms with Crippen LogP contribution in [0.3, 0.4) is 0 Å². The van der Waals surface area contributed by atoms with Crippen molar-refractivity contribution in [3.05, 3.63) is 12.2 Å². The first-order valence-corrected chi connectivity index (χ1v) is 6.46. The van der Waals surface area contributed by atoms with E-state index in [0.29, 0.717) is 18.1 Å². The normalized spacial score (nSPS) is 33.0. The largest absolute Gasteiger partial charge is 0.462 e. The predicted molar refractivity (Wildman–Crippen MR) is 63.9 cm³/mol. The second-order valence-corrected chi connectivity index (χ2v) is 5.45. The number of fused-ring (bicyclic) bond motifs is 1. The Labute approximate surface area is 98.1 Å². The number of esters is 1. The highest BCUT2D eigenvalue weighted by Gasteiger charge is 2.50. The molecular formula is C14H22O2. The van der Waals surface area contributed by atoms with E-state index in [9.17, 15) is 4.79 Å². The topological polar surface area (TPSA) is 26.3 Å². The quantitative estimate of drug-likeness (QED) is 0.527. The Morgan fingerprint density at radius 2 is 2.25 bits per heavy atom. The fourth-order valence-corrected chi connectivity index (χ4v) is 3.18. The van der Waals surface area contributed by atoms with E-state index in [-0.39, 0.29) is 5.97 Å². The van der Waals surface area contributed by atoms with Crippen LogP contribution in [0.5, 0.6) is 0 Å². The summed E-state index contributed by atoms with van der Waals surface area (Å²) in [6.07, 6.45) is 5.30. The molecule has 0 N–H and O–H groups in total. The Kier molecular flexibility index (Phi) is 3.36. The molecule has 0 aromatic carbocycles. The number of hydrogen-bond acceptors (Lipinski definition) is 2. The van der Waals surface area contributed by atoms with E-state index in [4.69, 9.17) is 4.74 Å². The van der Waals surface area contributed by atoms with Crippen molar-refractivity contribution in [2.75, 3.05) is 6.61 Å². The lowest BCUT2D eigenvalue weighted by atomic mass is 9.86. The monoisotopic (exact) mass is 222 g/mol. The lowest BCUT2D eigenvalue weighted by Gasteiger charge is -2.23. The van der Waals surface area contributed by atoms with Crippen molar-refractivity contribution in [2.45, 2.75) is 39.5 Å². The van der Waals surface area contributed by atoms with Crippen molar-refractivity contribution in [2.24, 2.45) is 23.7 Å². The first kappa shape index (κ1) is 11.7. The Balaban J connectivity index is 1.81. The van der Waals surface area contributed by atoms with Gasteiger partial charge in [-0.1, -0.05) is 13.5 Å². The van der Waals surface area contributed by atoms with Gasteiger partial charge < -0.3 is 4.74 Å². The van der Waals surface area contributed by atoms with Gasteiger partial charge in [0, 0.05) is 5.57 Å². The fourth-order valence-electron chi connectivity index (χ4n) is 3.18. The zero-order valence-corrected chi connectivity index (χ0v) is 10.4. The third-order valence-electron chi connectivity index (χ3n) is 4.30. The second-order valence-electron chi connectivity index (χ2n) is 5.45. The van der Waals surface area contributed by atoms with Gasteiger partial charge in [0.05, 0.1) is 6.61 Å². The van der Waals surface area contributed by atoms with E-state index in [2.05, 4.69) is 13.5 Å². The van der Waals surface area contributed by atoms with Gasteiger partial charge in [-0.2, -0.15) is 0 Å². The van der Waals surface area contributed by atoms with Gasteiger partial charge in [0.1, 0.15) is 0 Å². The number of carbonyl (C=O) groups is 1. The van der Waals surface area contributed by atoms with Gasteiger partial charge in [0.2, 0.25) is 0 Å². The summed E-state index contributed by atoms with van der Waals surface area (Å²) >= 11 is 0. The van der Waals surface area contributed by atoms with Crippen LogP contribution in [0.2, 0.25) is 0 Å². The second kappa shape index (κ2) is 4.60. The van der Waals surface area contributed by atoms with Gasteiger partial charge in [0.15, 0.2) is 0 Å². The molecule has 2 fully saturated rings. The minimum Gasteiger partial charge on any atom is -0.462 e. The average molecular weight is 222 g/mol. The molecule has 2 aliphatic rings. The molecule has 2 saturated carbocycles. The van der Waals surface area contributed by atoms with E-state index in [1.807, 2.05) is 0 Å². The molecule has 0 aromatic rings. The van der Waals surface area contributed by atoms with E-state index in [0.717, 1.165) is 24.2 Å². The molecule has 0 spiro atoms. The van der Waals surface area contributed by atoms with Crippen molar-refractivity contribution >= 4 is 5.97 Å². The maximum Gasteiger partial charge on any atom is 0.333 e. The van der Waals surface area contributed by atoms with Crippen LogP contribution in [0.15, 0.2) is 12.2 Å². The summed E-state index contributed by atoms with van der Waals surface area (Å²) in [5.74, 6) is 3.11. The first-order valence-electron chi connectivity index (χ1n) is 6.46. The molecule has 2 nitrogen and oxygen atoms in total. The summed E-state index contributed by atoms with van der Waals surface area (Å²) in [7, 11) is 0. The SMILES string of the molecule is C=C(C)C(=O)OCC(CC)C1CCC2CC21. The van der Waals surface area contributed by atoms with Gasteiger partial charge in [-0.15, -0.1) is 0 Å². The molecule has 16 heavy (non-hydrogen) atoms. The molecule has 90 valence electrons. The molecule has 2 heteroatoms. The third-order valence-corrected chi connectivity index (χ3v) is 4.30. The molecule has 4 unspecified atom stereocenters. The molecule has 0 heterocycles. The smallest absolute Gasteiger partial charge is 0.333 e. The van der Waals surface area contributed by atoms with Crippen molar-refractivity contribution < 1.29 is 9.53 Å². The van der Waals surface area contributed by atoms with E-state index < -0.39 is 0 Å². The highest BCUT2D eigenvalue weighted by molar-refractivity contribution is 5.86. The first-order chi connectivity index (χ1) is 7.63. The molecular weight excluding hydrogens is 200 g/mol. The Morgan fingerprint density at radius 3 is 2.69 bits per heavy atom. The standard InChI is InChI=1S/C14H22O2/c1-4-10(8-16-14(15)9(2)3)12-6-5-11-7-13(11)12/h10-13H,2,4-8H2,1,3H3. The molecule has 0 aliphatic heterocycles. The van der Waals surface area contributed by atoms with Crippen LogP contribution in [0, 0.1) is 23.7 Å². The summed E-state index contributed by atoms with van der Waals surface area (Å²) in [6.45, 7) is 8.11. The summed E-state index contributed by atoms with van der Waals surface area (Å²) in [5, 5.41) is 0. The van der Waals surface area contributed by atoms with Crippen LogP contribution >= 0.6 is 0 Å². The molecule has 0 radical (unpaired) electrons. The van der Waals surface area contributed by atoms with Crippen LogP contribution < -0.4 is 0 Å². The third kappa shape index (κ3) is 2.31. The van der Waals surface area contributed by atoms with E-state index >= 15 is 0 Å². The van der Waals surface area contributed by atoms with Gasteiger partial charge in [0.25, 0.3) is 0 Å². The summed E-state index contributed by atoms with van der Waals surface area (Å²) in [4.78, 5) is 11.3. The fraction of sp³-hybridized carbons (Fsp3) is 0.786. The Hall–Kier alpha value is -0.790. The molecule has 4 atom stereocenters. The van der Waals surface area contributed by atoms with E-state index in [1.165, 1.54) is 19.3 Å². The van der Waals surface area contributed by atoms with Crippen molar-refractivity contribution in [3.8, 4) is 0 Å². The average Bonchev–Trinajstić information content (AvgIpc) is 2.93. The Bertz CT molecular complexity index is 295. The molecule has 2 aliphatic carbocycles. The van der Waals surface area contributed by atoms with Crippen LogP contribution in [0.4, 0.5) is 0 Å².